The normalized spacial score (nSPS) is 19.9. The molecule has 5 heteroatoms. The predicted molar refractivity (Wildman–Crippen MR) is 115 cm³/mol. The lowest BCUT2D eigenvalue weighted by atomic mass is 9.91. The summed E-state index contributed by atoms with van der Waals surface area (Å²) in [5.74, 6) is 0.734. The van der Waals surface area contributed by atoms with Gasteiger partial charge in [0.05, 0.1) is 5.52 Å². The minimum Gasteiger partial charge on any atom is -0.351 e. The van der Waals surface area contributed by atoms with Crippen LogP contribution in [0.25, 0.3) is 22.0 Å². The molecule has 0 amide bonds. The van der Waals surface area contributed by atoms with Crippen molar-refractivity contribution in [3.05, 3.63) is 48.4 Å². The molecule has 28 heavy (non-hydrogen) atoms. The van der Waals surface area contributed by atoms with E-state index in [4.69, 9.17) is 4.98 Å². The maximum absolute atomic E-state index is 4.74. The molecular formula is C23H29N5. The van der Waals surface area contributed by atoms with E-state index in [2.05, 4.69) is 59.6 Å². The summed E-state index contributed by atoms with van der Waals surface area (Å²) in [7, 11) is 0. The Balaban J connectivity index is 1.46. The van der Waals surface area contributed by atoms with Crippen molar-refractivity contribution in [1.82, 2.24) is 20.3 Å². The third-order valence-electron chi connectivity index (χ3n) is 5.56. The molecule has 0 saturated heterocycles. The number of fused-ring (bicyclic) bond motifs is 1. The predicted octanol–water partition coefficient (Wildman–Crippen LogP) is 4.72. The Bertz CT molecular complexity index is 945. The van der Waals surface area contributed by atoms with Crippen LogP contribution < -0.4 is 10.6 Å². The molecule has 5 nitrogen and oxygen atoms in total. The zero-order valence-electron chi connectivity index (χ0n) is 16.9. The minimum absolute atomic E-state index is 0.458. The van der Waals surface area contributed by atoms with Crippen molar-refractivity contribution in [1.29, 1.82) is 0 Å². The summed E-state index contributed by atoms with van der Waals surface area (Å²) in [5.41, 5.74) is 4.49. The highest BCUT2D eigenvalue weighted by Gasteiger charge is 2.21. The molecule has 0 atom stereocenters. The van der Waals surface area contributed by atoms with Crippen LogP contribution in [0.1, 0.15) is 45.1 Å². The Labute approximate surface area is 167 Å². The average molecular weight is 376 g/mol. The van der Waals surface area contributed by atoms with Crippen molar-refractivity contribution in [3.63, 3.8) is 0 Å². The summed E-state index contributed by atoms with van der Waals surface area (Å²) in [4.78, 5) is 13.6. The van der Waals surface area contributed by atoms with E-state index >= 15 is 0 Å². The lowest BCUT2D eigenvalue weighted by Crippen LogP contribution is -2.40. The van der Waals surface area contributed by atoms with Gasteiger partial charge in [-0.05, 0) is 61.9 Å². The molecule has 2 N–H and O–H groups in total. The molecule has 1 aromatic carbocycles. The van der Waals surface area contributed by atoms with E-state index in [0.717, 1.165) is 40.8 Å². The number of hydrogen-bond acceptors (Lipinski definition) is 5. The third-order valence-corrected chi connectivity index (χ3v) is 5.56. The standard InChI is InChI=1S/C23H29N5/c1-15(2)26-19-5-7-20(8-6-19)27-23-25-13-18-12-17(4-9-22(18)28-23)21-14-24-11-10-16(21)3/h4,9-15,19-20,26H,5-8H2,1-3H3,(H,25,27,28)/t19-,20-. The highest BCUT2D eigenvalue weighted by Crippen LogP contribution is 2.26. The zero-order valence-corrected chi connectivity index (χ0v) is 16.9. The average Bonchev–Trinajstić information content (AvgIpc) is 2.69. The molecule has 0 bridgehead atoms. The topological polar surface area (TPSA) is 62.7 Å². The number of nitrogens with one attached hydrogen (secondary N) is 2. The first-order valence-electron chi connectivity index (χ1n) is 10.3. The van der Waals surface area contributed by atoms with Gasteiger partial charge in [0.2, 0.25) is 5.95 Å². The molecular weight excluding hydrogens is 346 g/mol. The lowest BCUT2D eigenvalue weighted by Gasteiger charge is -2.31. The second-order valence-electron chi connectivity index (χ2n) is 8.17. The maximum Gasteiger partial charge on any atom is 0.223 e. The molecule has 0 radical (unpaired) electrons. The molecule has 1 saturated carbocycles. The lowest BCUT2D eigenvalue weighted by molar-refractivity contribution is 0.335. The van der Waals surface area contributed by atoms with E-state index in [-0.39, 0.29) is 0 Å². The van der Waals surface area contributed by atoms with Crippen LogP contribution in [-0.4, -0.2) is 33.1 Å². The van der Waals surface area contributed by atoms with E-state index in [1.54, 1.807) is 0 Å². The molecule has 3 aromatic rings. The molecule has 1 aliphatic rings. The number of aromatic nitrogens is 3. The SMILES string of the molecule is Cc1ccncc1-c1ccc2nc(N[C@H]3CC[C@H](NC(C)C)CC3)ncc2c1. The monoisotopic (exact) mass is 375 g/mol. The maximum atomic E-state index is 4.74. The summed E-state index contributed by atoms with van der Waals surface area (Å²) in [6, 6.07) is 10.0. The fraction of sp³-hybridized carbons (Fsp3) is 0.435. The van der Waals surface area contributed by atoms with Crippen molar-refractivity contribution >= 4 is 16.9 Å². The van der Waals surface area contributed by atoms with Gasteiger partial charge in [0.1, 0.15) is 0 Å². The first-order chi connectivity index (χ1) is 13.6. The summed E-state index contributed by atoms with van der Waals surface area (Å²) in [6.45, 7) is 6.54. The molecule has 146 valence electrons. The molecule has 1 aliphatic carbocycles. The molecule has 0 unspecified atom stereocenters. The van der Waals surface area contributed by atoms with Crippen molar-refractivity contribution in [2.24, 2.45) is 0 Å². The largest absolute Gasteiger partial charge is 0.351 e. The van der Waals surface area contributed by atoms with Crippen molar-refractivity contribution in [2.45, 2.75) is 64.6 Å². The van der Waals surface area contributed by atoms with Gasteiger partial charge in [-0.25, -0.2) is 9.97 Å². The van der Waals surface area contributed by atoms with E-state index in [1.165, 1.54) is 18.4 Å². The molecule has 1 fully saturated rings. The van der Waals surface area contributed by atoms with Crippen LogP contribution in [0.3, 0.4) is 0 Å². The number of aryl methyl sites for hydroxylation is 1. The van der Waals surface area contributed by atoms with Crippen LogP contribution >= 0.6 is 0 Å². The summed E-state index contributed by atoms with van der Waals surface area (Å²) in [6.07, 6.45) is 10.4. The van der Waals surface area contributed by atoms with Crippen molar-refractivity contribution in [2.75, 3.05) is 5.32 Å². The Morgan fingerprint density at radius 3 is 2.54 bits per heavy atom. The minimum atomic E-state index is 0.458. The van der Waals surface area contributed by atoms with Crippen LogP contribution in [0.2, 0.25) is 0 Å². The zero-order chi connectivity index (χ0) is 19.5. The summed E-state index contributed by atoms with van der Waals surface area (Å²) in [5, 5.41) is 8.24. The van der Waals surface area contributed by atoms with Gasteiger partial charge < -0.3 is 10.6 Å². The second kappa shape index (κ2) is 8.23. The third kappa shape index (κ3) is 4.30. The number of pyridine rings is 1. The van der Waals surface area contributed by atoms with E-state index in [9.17, 15) is 0 Å². The Hall–Kier alpha value is -2.53. The van der Waals surface area contributed by atoms with Gasteiger partial charge in [-0.2, -0.15) is 0 Å². The quantitative estimate of drug-likeness (QED) is 0.675. The van der Waals surface area contributed by atoms with Gasteiger partial charge in [0.25, 0.3) is 0 Å². The first kappa shape index (κ1) is 18.8. The molecule has 2 aromatic heterocycles. The number of hydrogen-bond donors (Lipinski definition) is 2. The smallest absolute Gasteiger partial charge is 0.223 e. The number of nitrogens with zero attached hydrogens (tertiary/aromatic N) is 3. The molecule has 0 spiro atoms. The number of rotatable bonds is 5. The van der Waals surface area contributed by atoms with Crippen LogP contribution in [0.5, 0.6) is 0 Å². The van der Waals surface area contributed by atoms with Gasteiger partial charge in [-0.1, -0.05) is 19.9 Å². The van der Waals surface area contributed by atoms with Crippen LogP contribution in [-0.2, 0) is 0 Å². The van der Waals surface area contributed by atoms with Gasteiger partial charge in [0, 0.05) is 47.7 Å². The fourth-order valence-corrected chi connectivity index (χ4v) is 4.10. The highest BCUT2D eigenvalue weighted by atomic mass is 15.1. The van der Waals surface area contributed by atoms with Crippen LogP contribution in [0, 0.1) is 6.92 Å². The van der Waals surface area contributed by atoms with Crippen molar-refractivity contribution < 1.29 is 0 Å². The first-order valence-corrected chi connectivity index (χ1v) is 10.3. The molecule has 0 aliphatic heterocycles. The van der Waals surface area contributed by atoms with Crippen LogP contribution in [0.4, 0.5) is 5.95 Å². The highest BCUT2D eigenvalue weighted by molar-refractivity contribution is 5.85. The van der Waals surface area contributed by atoms with Gasteiger partial charge in [-0.15, -0.1) is 0 Å². The van der Waals surface area contributed by atoms with Gasteiger partial charge in [0.15, 0.2) is 0 Å². The van der Waals surface area contributed by atoms with Crippen molar-refractivity contribution in [3.8, 4) is 11.1 Å². The van der Waals surface area contributed by atoms with Gasteiger partial charge >= 0.3 is 0 Å². The van der Waals surface area contributed by atoms with Crippen LogP contribution in [0.15, 0.2) is 42.9 Å². The molecule has 4 rings (SSSR count). The summed E-state index contributed by atoms with van der Waals surface area (Å²) >= 11 is 0. The summed E-state index contributed by atoms with van der Waals surface area (Å²) < 4.78 is 0. The Kier molecular flexibility index (Phi) is 5.53. The van der Waals surface area contributed by atoms with Gasteiger partial charge in [-0.3, -0.25) is 4.98 Å². The fourth-order valence-electron chi connectivity index (χ4n) is 4.10. The Morgan fingerprint density at radius 1 is 1.00 bits per heavy atom. The van der Waals surface area contributed by atoms with E-state index in [1.807, 2.05) is 24.7 Å². The molecule has 2 heterocycles. The number of benzene rings is 1. The second-order valence-corrected chi connectivity index (χ2v) is 8.17. The Morgan fingerprint density at radius 2 is 1.79 bits per heavy atom. The van der Waals surface area contributed by atoms with E-state index in [0.29, 0.717) is 18.1 Å². The number of anilines is 1. The van der Waals surface area contributed by atoms with E-state index < -0.39 is 0 Å².